The third-order valence-corrected chi connectivity index (χ3v) is 4.69. The van der Waals surface area contributed by atoms with Crippen molar-refractivity contribution in [2.75, 3.05) is 18.9 Å². The molecular weight excluding hydrogens is 353 g/mol. The second-order valence-electron chi connectivity index (χ2n) is 4.85. The quantitative estimate of drug-likeness (QED) is 0.572. The van der Waals surface area contributed by atoms with Crippen molar-refractivity contribution < 1.29 is 9.53 Å². The van der Waals surface area contributed by atoms with Crippen LogP contribution >= 0.6 is 35.0 Å². The highest BCUT2D eigenvalue weighted by Crippen LogP contribution is 2.21. The summed E-state index contributed by atoms with van der Waals surface area (Å²) in [4.78, 5) is 12.8. The van der Waals surface area contributed by atoms with Gasteiger partial charge in [-0.05, 0) is 48.9 Å². The summed E-state index contributed by atoms with van der Waals surface area (Å²) < 4.78 is 5.55. The molecule has 0 aliphatic carbocycles. The van der Waals surface area contributed by atoms with Crippen LogP contribution in [0.3, 0.4) is 0 Å². The molecule has 0 aromatic heterocycles. The minimum atomic E-state index is -0.0320. The maximum atomic E-state index is 11.8. The Balaban J connectivity index is 1.64. The Bertz CT molecular complexity index is 662. The van der Waals surface area contributed by atoms with Crippen LogP contribution in [0.25, 0.3) is 0 Å². The van der Waals surface area contributed by atoms with E-state index in [2.05, 4.69) is 5.32 Å². The number of carbonyl (C=O) groups is 1. The number of carbonyl (C=O) groups excluding carboxylic acids is 1. The summed E-state index contributed by atoms with van der Waals surface area (Å²) in [6.45, 7) is 2.78. The summed E-state index contributed by atoms with van der Waals surface area (Å²) in [5.41, 5.74) is 1.01. The maximum absolute atomic E-state index is 11.8. The van der Waals surface area contributed by atoms with Crippen LogP contribution in [0.1, 0.15) is 5.56 Å². The predicted molar refractivity (Wildman–Crippen MR) is 96.9 cm³/mol. The van der Waals surface area contributed by atoms with E-state index in [1.54, 1.807) is 6.07 Å². The molecule has 2 aromatic rings. The Morgan fingerprint density at radius 1 is 1.17 bits per heavy atom. The Morgan fingerprint density at radius 2 is 1.91 bits per heavy atom. The molecule has 0 radical (unpaired) electrons. The number of aryl methyl sites for hydroxylation is 1. The van der Waals surface area contributed by atoms with Crippen LogP contribution in [0.4, 0.5) is 0 Å². The molecule has 0 aliphatic heterocycles. The average molecular weight is 370 g/mol. The lowest BCUT2D eigenvalue weighted by molar-refractivity contribution is -0.118. The van der Waals surface area contributed by atoms with Gasteiger partial charge in [0, 0.05) is 14.9 Å². The van der Waals surface area contributed by atoms with E-state index in [0.29, 0.717) is 34.7 Å². The van der Waals surface area contributed by atoms with Crippen LogP contribution in [-0.4, -0.2) is 24.8 Å². The van der Waals surface area contributed by atoms with Crippen molar-refractivity contribution in [3.05, 3.63) is 58.1 Å². The molecule has 122 valence electrons. The van der Waals surface area contributed by atoms with E-state index < -0.39 is 0 Å². The van der Waals surface area contributed by atoms with Gasteiger partial charge in [-0.2, -0.15) is 0 Å². The minimum Gasteiger partial charge on any atom is -0.492 e. The summed E-state index contributed by atoms with van der Waals surface area (Å²) in [5.74, 6) is 1.03. The molecule has 0 spiro atoms. The molecule has 0 fully saturated rings. The highest BCUT2D eigenvalue weighted by molar-refractivity contribution is 8.00. The van der Waals surface area contributed by atoms with Crippen molar-refractivity contribution >= 4 is 40.9 Å². The predicted octanol–water partition coefficient (Wildman–Crippen LogP) is 4.59. The van der Waals surface area contributed by atoms with Gasteiger partial charge in [0.05, 0.1) is 12.3 Å². The first kappa shape index (κ1) is 18.0. The fraction of sp³-hybridized carbons (Fsp3) is 0.235. The third kappa shape index (κ3) is 6.34. The highest BCUT2D eigenvalue weighted by Gasteiger charge is 2.03. The Hall–Kier alpha value is -1.36. The number of ether oxygens (including phenoxy) is 1. The van der Waals surface area contributed by atoms with E-state index >= 15 is 0 Å². The Kier molecular flexibility index (Phi) is 7.09. The molecule has 0 heterocycles. The van der Waals surface area contributed by atoms with Gasteiger partial charge in [0.2, 0.25) is 5.91 Å². The van der Waals surface area contributed by atoms with Crippen LogP contribution < -0.4 is 10.1 Å². The number of thioether (sulfide) groups is 1. The monoisotopic (exact) mass is 369 g/mol. The Morgan fingerprint density at radius 3 is 2.61 bits per heavy atom. The van der Waals surface area contributed by atoms with Crippen molar-refractivity contribution in [3.8, 4) is 5.75 Å². The van der Waals surface area contributed by atoms with Crippen molar-refractivity contribution in [3.63, 3.8) is 0 Å². The fourth-order valence-corrected chi connectivity index (χ4v) is 2.78. The number of halogens is 2. The summed E-state index contributed by atoms with van der Waals surface area (Å²) >= 11 is 13.3. The lowest BCUT2D eigenvalue weighted by Gasteiger charge is -2.09. The van der Waals surface area contributed by atoms with Gasteiger partial charge in [0.1, 0.15) is 12.4 Å². The van der Waals surface area contributed by atoms with Crippen LogP contribution in [0.5, 0.6) is 5.75 Å². The Labute approximate surface area is 150 Å². The topological polar surface area (TPSA) is 38.3 Å². The lowest BCUT2D eigenvalue weighted by Crippen LogP contribution is -2.29. The van der Waals surface area contributed by atoms with Crippen LogP contribution in [0, 0.1) is 6.92 Å². The first-order valence-corrected chi connectivity index (χ1v) is 8.83. The van der Waals surface area contributed by atoms with Crippen molar-refractivity contribution in [2.45, 2.75) is 11.8 Å². The smallest absolute Gasteiger partial charge is 0.230 e. The zero-order valence-corrected chi connectivity index (χ0v) is 15.0. The molecule has 6 heteroatoms. The van der Waals surface area contributed by atoms with Crippen LogP contribution in [-0.2, 0) is 4.79 Å². The average Bonchev–Trinajstić information content (AvgIpc) is 2.54. The van der Waals surface area contributed by atoms with Gasteiger partial charge < -0.3 is 10.1 Å². The number of benzene rings is 2. The number of hydrogen-bond donors (Lipinski definition) is 1. The molecule has 0 saturated heterocycles. The zero-order chi connectivity index (χ0) is 16.7. The van der Waals surface area contributed by atoms with E-state index in [1.807, 2.05) is 43.3 Å². The second kappa shape index (κ2) is 9.06. The second-order valence-corrected chi connectivity index (χ2v) is 6.74. The number of rotatable bonds is 7. The van der Waals surface area contributed by atoms with Crippen molar-refractivity contribution in [1.82, 2.24) is 5.32 Å². The largest absolute Gasteiger partial charge is 0.492 e. The lowest BCUT2D eigenvalue weighted by atomic mass is 10.2. The molecule has 0 saturated carbocycles. The molecule has 1 amide bonds. The zero-order valence-electron chi connectivity index (χ0n) is 12.6. The summed E-state index contributed by atoms with van der Waals surface area (Å²) in [7, 11) is 0. The van der Waals surface area contributed by atoms with Gasteiger partial charge in [-0.25, -0.2) is 0 Å². The van der Waals surface area contributed by atoms with E-state index in [-0.39, 0.29) is 5.91 Å². The van der Waals surface area contributed by atoms with Gasteiger partial charge in [-0.15, -0.1) is 11.8 Å². The van der Waals surface area contributed by atoms with Crippen LogP contribution in [0.2, 0.25) is 10.0 Å². The van der Waals surface area contributed by atoms with Crippen molar-refractivity contribution in [2.24, 2.45) is 0 Å². The summed E-state index contributed by atoms with van der Waals surface area (Å²) in [6.07, 6.45) is 0. The third-order valence-electron chi connectivity index (χ3n) is 3.02. The molecule has 1 N–H and O–H groups in total. The summed E-state index contributed by atoms with van der Waals surface area (Å²) in [5, 5.41) is 4.18. The first-order valence-electron chi connectivity index (χ1n) is 7.08. The fourth-order valence-electron chi connectivity index (χ4n) is 1.75. The SMILES string of the molecule is Cc1ccc(OCCNC(=O)CSc2ccc(Cl)cc2)cc1Cl. The van der Waals surface area contributed by atoms with E-state index in [9.17, 15) is 4.79 Å². The van der Waals surface area contributed by atoms with Gasteiger partial charge in [0.15, 0.2) is 0 Å². The summed E-state index contributed by atoms with van der Waals surface area (Å²) in [6, 6.07) is 12.9. The van der Waals surface area contributed by atoms with Crippen molar-refractivity contribution in [1.29, 1.82) is 0 Å². The number of amides is 1. The van der Waals surface area contributed by atoms with E-state index in [1.165, 1.54) is 11.8 Å². The first-order chi connectivity index (χ1) is 11.0. The molecule has 2 aromatic carbocycles. The van der Waals surface area contributed by atoms with E-state index in [4.69, 9.17) is 27.9 Å². The highest BCUT2D eigenvalue weighted by atomic mass is 35.5. The molecule has 2 rings (SSSR count). The standard InChI is InChI=1S/C17H17Cl2NO2S/c1-12-2-5-14(10-16(12)19)22-9-8-20-17(21)11-23-15-6-3-13(18)4-7-15/h2-7,10H,8-9,11H2,1H3,(H,20,21). The van der Waals surface area contributed by atoms with Gasteiger partial charge in [-0.1, -0.05) is 29.3 Å². The normalized spacial score (nSPS) is 10.4. The van der Waals surface area contributed by atoms with Crippen LogP contribution in [0.15, 0.2) is 47.4 Å². The van der Waals surface area contributed by atoms with E-state index in [0.717, 1.165) is 10.5 Å². The number of hydrogen-bond acceptors (Lipinski definition) is 3. The minimum absolute atomic E-state index is 0.0320. The molecule has 0 bridgehead atoms. The van der Waals surface area contributed by atoms with Gasteiger partial charge >= 0.3 is 0 Å². The van der Waals surface area contributed by atoms with Gasteiger partial charge in [0.25, 0.3) is 0 Å². The maximum Gasteiger partial charge on any atom is 0.230 e. The number of nitrogens with one attached hydrogen (secondary N) is 1. The molecular formula is C17H17Cl2NO2S. The molecule has 0 aliphatic rings. The molecule has 0 atom stereocenters. The molecule has 3 nitrogen and oxygen atoms in total. The molecule has 0 unspecified atom stereocenters. The molecule has 23 heavy (non-hydrogen) atoms. The van der Waals surface area contributed by atoms with Gasteiger partial charge in [-0.3, -0.25) is 4.79 Å².